The summed E-state index contributed by atoms with van der Waals surface area (Å²) >= 11 is 0. The average Bonchev–Trinajstić information content (AvgIpc) is 2.29. The summed E-state index contributed by atoms with van der Waals surface area (Å²) in [5, 5.41) is 0. The van der Waals surface area contributed by atoms with Crippen LogP contribution in [0.1, 0.15) is 28.4 Å². The van der Waals surface area contributed by atoms with Crippen LogP contribution in [0.5, 0.6) is 0 Å². The molecule has 0 radical (unpaired) electrons. The number of rotatable bonds is 5. The van der Waals surface area contributed by atoms with E-state index >= 15 is 0 Å². The zero-order valence-electron chi connectivity index (χ0n) is 10.6. The van der Waals surface area contributed by atoms with Crippen molar-refractivity contribution in [3.63, 3.8) is 0 Å². The predicted molar refractivity (Wildman–Crippen MR) is 67.1 cm³/mol. The maximum absolute atomic E-state index is 11.8. The number of aryl methyl sites for hydroxylation is 2. The molecule has 94 valence electrons. The first kappa shape index (κ1) is 13.5. The van der Waals surface area contributed by atoms with Crippen LogP contribution >= 0.6 is 0 Å². The van der Waals surface area contributed by atoms with Gasteiger partial charge in [0.25, 0.3) is 0 Å². The minimum absolute atomic E-state index is 0.264. The van der Waals surface area contributed by atoms with Crippen LogP contribution in [0.15, 0.2) is 12.1 Å². The maximum Gasteiger partial charge on any atom is 0.338 e. The molecule has 0 bridgehead atoms. The first-order valence-electron chi connectivity index (χ1n) is 5.67. The van der Waals surface area contributed by atoms with Gasteiger partial charge in [-0.25, -0.2) is 4.79 Å². The van der Waals surface area contributed by atoms with Gasteiger partial charge >= 0.3 is 5.97 Å². The normalized spacial score (nSPS) is 10.3. The van der Waals surface area contributed by atoms with Gasteiger partial charge in [0, 0.05) is 12.3 Å². The highest BCUT2D eigenvalue weighted by Gasteiger charge is 2.12. The first-order chi connectivity index (χ1) is 8.06. The first-order valence-corrected chi connectivity index (χ1v) is 5.67. The zero-order valence-corrected chi connectivity index (χ0v) is 10.6. The molecule has 0 aliphatic rings. The second-order valence-corrected chi connectivity index (χ2v) is 3.86. The van der Waals surface area contributed by atoms with Gasteiger partial charge in [-0.2, -0.15) is 0 Å². The molecule has 0 saturated carbocycles. The molecule has 0 spiro atoms. The van der Waals surface area contributed by atoms with Gasteiger partial charge in [-0.3, -0.25) is 0 Å². The van der Waals surface area contributed by atoms with Crippen molar-refractivity contribution < 1.29 is 14.3 Å². The van der Waals surface area contributed by atoms with Gasteiger partial charge in [0.05, 0.1) is 12.2 Å². The maximum atomic E-state index is 11.8. The number of esters is 1. The molecule has 0 heterocycles. The van der Waals surface area contributed by atoms with Crippen LogP contribution in [0.2, 0.25) is 0 Å². The van der Waals surface area contributed by atoms with E-state index in [0.717, 1.165) is 11.1 Å². The fraction of sp³-hybridized carbons (Fsp3) is 0.462. The van der Waals surface area contributed by atoms with Crippen LogP contribution in [-0.2, 0) is 9.47 Å². The van der Waals surface area contributed by atoms with Gasteiger partial charge in [0.15, 0.2) is 0 Å². The minimum atomic E-state index is -0.353. The molecule has 1 rings (SSSR count). The molecule has 4 nitrogen and oxygen atoms in total. The molecule has 0 unspecified atom stereocenters. The van der Waals surface area contributed by atoms with Crippen LogP contribution in [0.25, 0.3) is 0 Å². The Morgan fingerprint density at radius 1 is 1.24 bits per heavy atom. The second-order valence-electron chi connectivity index (χ2n) is 3.86. The fourth-order valence-electron chi connectivity index (χ4n) is 1.50. The van der Waals surface area contributed by atoms with E-state index in [0.29, 0.717) is 24.5 Å². The molecular weight excluding hydrogens is 218 g/mol. The van der Waals surface area contributed by atoms with Crippen molar-refractivity contribution in [3.8, 4) is 0 Å². The lowest BCUT2D eigenvalue weighted by Gasteiger charge is -2.09. The van der Waals surface area contributed by atoms with Crippen LogP contribution in [0.4, 0.5) is 5.69 Å². The van der Waals surface area contributed by atoms with Crippen molar-refractivity contribution in [1.29, 1.82) is 0 Å². The number of ether oxygens (including phenoxy) is 2. The third-order valence-corrected chi connectivity index (χ3v) is 2.50. The number of hydrogen-bond acceptors (Lipinski definition) is 4. The van der Waals surface area contributed by atoms with E-state index in [1.165, 1.54) is 0 Å². The highest BCUT2D eigenvalue weighted by atomic mass is 16.6. The molecular formula is C13H19NO3. The van der Waals surface area contributed by atoms with Crippen molar-refractivity contribution in [2.45, 2.75) is 20.8 Å². The third-order valence-electron chi connectivity index (χ3n) is 2.50. The average molecular weight is 237 g/mol. The van der Waals surface area contributed by atoms with E-state index < -0.39 is 0 Å². The molecule has 17 heavy (non-hydrogen) atoms. The highest BCUT2D eigenvalue weighted by Crippen LogP contribution is 2.18. The third kappa shape index (κ3) is 3.75. The molecule has 0 aliphatic carbocycles. The van der Waals surface area contributed by atoms with Crippen LogP contribution in [-0.4, -0.2) is 25.8 Å². The summed E-state index contributed by atoms with van der Waals surface area (Å²) in [5.74, 6) is -0.353. The van der Waals surface area contributed by atoms with Gasteiger partial charge in [-0.1, -0.05) is 6.07 Å². The van der Waals surface area contributed by atoms with Gasteiger partial charge in [0.2, 0.25) is 0 Å². The van der Waals surface area contributed by atoms with Crippen molar-refractivity contribution in [3.05, 3.63) is 28.8 Å². The van der Waals surface area contributed by atoms with Gasteiger partial charge in [0.1, 0.15) is 6.61 Å². The summed E-state index contributed by atoms with van der Waals surface area (Å²) in [6.45, 7) is 6.97. The lowest BCUT2D eigenvalue weighted by molar-refractivity contribution is 0.0334. The number of nitrogens with two attached hydrogens (primary N) is 1. The van der Waals surface area contributed by atoms with Crippen molar-refractivity contribution in [1.82, 2.24) is 0 Å². The number of benzene rings is 1. The Labute approximate surface area is 102 Å². The molecule has 1 aromatic rings. The Kier molecular flexibility index (Phi) is 4.97. The molecule has 0 fully saturated rings. The molecule has 2 N–H and O–H groups in total. The summed E-state index contributed by atoms with van der Waals surface area (Å²) in [5.41, 5.74) is 8.73. The van der Waals surface area contributed by atoms with Crippen LogP contribution < -0.4 is 5.73 Å². The standard InChI is InChI=1S/C13H19NO3/c1-4-16-5-6-17-13(15)11-8-12(14)10(3)7-9(11)2/h7-8H,4-6,14H2,1-3H3. The van der Waals surface area contributed by atoms with Crippen molar-refractivity contribution in [2.75, 3.05) is 25.6 Å². The largest absolute Gasteiger partial charge is 0.460 e. The summed E-state index contributed by atoms with van der Waals surface area (Å²) in [6, 6.07) is 3.54. The minimum Gasteiger partial charge on any atom is -0.460 e. The molecule has 0 atom stereocenters. The summed E-state index contributed by atoms with van der Waals surface area (Å²) in [6.07, 6.45) is 0. The Morgan fingerprint density at radius 3 is 2.59 bits per heavy atom. The quantitative estimate of drug-likeness (QED) is 0.484. The lowest BCUT2D eigenvalue weighted by atomic mass is 10.0. The predicted octanol–water partition coefficient (Wildman–Crippen LogP) is 2.08. The SMILES string of the molecule is CCOCCOC(=O)c1cc(N)c(C)cc1C. The van der Waals surface area contributed by atoms with E-state index in [9.17, 15) is 4.79 Å². The number of nitrogen functional groups attached to an aromatic ring is 1. The van der Waals surface area contributed by atoms with E-state index in [-0.39, 0.29) is 12.6 Å². The molecule has 4 heteroatoms. The monoisotopic (exact) mass is 237 g/mol. The van der Waals surface area contributed by atoms with Gasteiger partial charge in [-0.15, -0.1) is 0 Å². The Hall–Kier alpha value is -1.55. The second kappa shape index (κ2) is 6.25. The molecule has 0 amide bonds. The van der Waals surface area contributed by atoms with Gasteiger partial charge in [-0.05, 0) is 38.0 Å². The topological polar surface area (TPSA) is 61.5 Å². The molecule has 0 aromatic heterocycles. The van der Waals surface area contributed by atoms with Gasteiger partial charge < -0.3 is 15.2 Å². The van der Waals surface area contributed by atoms with Crippen molar-refractivity contribution in [2.24, 2.45) is 0 Å². The summed E-state index contributed by atoms with van der Waals surface area (Å²) < 4.78 is 10.2. The number of carbonyl (C=O) groups excluding carboxylic acids is 1. The zero-order chi connectivity index (χ0) is 12.8. The van der Waals surface area contributed by atoms with E-state index in [4.69, 9.17) is 15.2 Å². The highest BCUT2D eigenvalue weighted by molar-refractivity contribution is 5.92. The lowest BCUT2D eigenvalue weighted by Crippen LogP contribution is -2.12. The fourth-order valence-corrected chi connectivity index (χ4v) is 1.50. The number of carbonyl (C=O) groups is 1. The molecule has 0 aliphatic heterocycles. The van der Waals surface area contributed by atoms with Crippen molar-refractivity contribution >= 4 is 11.7 Å². The number of anilines is 1. The Morgan fingerprint density at radius 2 is 1.94 bits per heavy atom. The smallest absolute Gasteiger partial charge is 0.338 e. The Balaban J connectivity index is 2.66. The van der Waals surface area contributed by atoms with E-state index in [1.54, 1.807) is 6.07 Å². The van der Waals surface area contributed by atoms with E-state index in [1.807, 2.05) is 26.8 Å². The van der Waals surface area contributed by atoms with Crippen LogP contribution in [0.3, 0.4) is 0 Å². The van der Waals surface area contributed by atoms with Crippen LogP contribution in [0, 0.1) is 13.8 Å². The summed E-state index contributed by atoms with van der Waals surface area (Å²) in [4.78, 5) is 11.8. The number of hydrogen-bond donors (Lipinski definition) is 1. The van der Waals surface area contributed by atoms with E-state index in [2.05, 4.69) is 0 Å². The summed E-state index contributed by atoms with van der Waals surface area (Å²) in [7, 11) is 0. The Bertz CT molecular complexity index is 402. The molecule has 1 aromatic carbocycles. The molecule has 0 saturated heterocycles.